The van der Waals surface area contributed by atoms with Crippen LogP contribution in [0.25, 0.3) is 10.2 Å². The number of fused-ring (bicyclic) bond motifs is 1. The number of hydrogen-bond acceptors (Lipinski definition) is 7. The second-order valence-corrected chi connectivity index (χ2v) is 8.59. The third-order valence-corrected chi connectivity index (χ3v) is 6.30. The zero-order valence-electron chi connectivity index (χ0n) is 16.1. The third kappa shape index (κ3) is 4.69. The van der Waals surface area contributed by atoms with Crippen LogP contribution in [0.4, 0.5) is 5.69 Å². The molecule has 0 fully saturated rings. The molecule has 0 spiro atoms. The van der Waals surface area contributed by atoms with Gasteiger partial charge in [0, 0.05) is 16.0 Å². The molecule has 3 aromatic rings. The maximum atomic E-state index is 12.2. The van der Waals surface area contributed by atoms with Gasteiger partial charge in [0.2, 0.25) is 0 Å². The standard InChI is InChI=1S/C20H21N3O3S2/c1-11-6-5-7-15(8-11)23-18(25)13(3)26-16(24)9-27-19-17-12(2)14(4)28-20(17)22-10-21-19/h5-8,10,13H,9H2,1-4H3,(H,23,25)/t13-/m0/s1. The number of nitrogens with one attached hydrogen (secondary N) is 1. The Labute approximate surface area is 171 Å². The third-order valence-electron chi connectivity index (χ3n) is 4.22. The molecule has 28 heavy (non-hydrogen) atoms. The minimum absolute atomic E-state index is 0.0719. The Kier molecular flexibility index (Phi) is 6.31. The lowest BCUT2D eigenvalue weighted by Crippen LogP contribution is -2.30. The van der Waals surface area contributed by atoms with Crippen molar-refractivity contribution in [3.8, 4) is 0 Å². The number of rotatable bonds is 6. The summed E-state index contributed by atoms with van der Waals surface area (Å²) in [5, 5.41) is 4.48. The summed E-state index contributed by atoms with van der Waals surface area (Å²) < 4.78 is 5.27. The number of anilines is 1. The van der Waals surface area contributed by atoms with Crippen molar-refractivity contribution >= 4 is 50.9 Å². The number of carbonyl (C=O) groups excluding carboxylic acids is 2. The van der Waals surface area contributed by atoms with Gasteiger partial charge in [-0.25, -0.2) is 9.97 Å². The van der Waals surface area contributed by atoms with Gasteiger partial charge in [-0.2, -0.15) is 0 Å². The Bertz CT molecular complexity index is 1030. The van der Waals surface area contributed by atoms with E-state index in [9.17, 15) is 9.59 Å². The number of aryl methyl sites for hydroxylation is 3. The van der Waals surface area contributed by atoms with Gasteiger partial charge in [0.1, 0.15) is 16.2 Å². The monoisotopic (exact) mass is 415 g/mol. The van der Waals surface area contributed by atoms with Crippen LogP contribution in [-0.4, -0.2) is 33.7 Å². The molecular formula is C20H21N3O3S2. The predicted octanol–water partition coefficient (Wildman–Crippen LogP) is 4.28. The molecule has 8 heteroatoms. The van der Waals surface area contributed by atoms with Crippen LogP contribution in [0.1, 0.15) is 22.9 Å². The molecule has 2 aromatic heterocycles. The number of thiophene rings is 1. The van der Waals surface area contributed by atoms with Gasteiger partial charge in [-0.05, 0) is 51.0 Å². The van der Waals surface area contributed by atoms with E-state index in [0.29, 0.717) is 5.69 Å². The van der Waals surface area contributed by atoms with Crippen molar-refractivity contribution in [1.29, 1.82) is 0 Å². The summed E-state index contributed by atoms with van der Waals surface area (Å²) in [6.07, 6.45) is 0.618. The van der Waals surface area contributed by atoms with Crippen LogP contribution in [0.3, 0.4) is 0 Å². The van der Waals surface area contributed by atoms with E-state index in [2.05, 4.69) is 15.3 Å². The molecule has 0 saturated carbocycles. The second-order valence-electron chi connectivity index (χ2n) is 6.42. The molecule has 0 saturated heterocycles. The minimum atomic E-state index is -0.885. The molecule has 0 aliphatic heterocycles. The highest BCUT2D eigenvalue weighted by Crippen LogP contribution is 2.34. The molecule has 0 radical (unpaired) electrons. The largest absolute Gasteiger partial charge is 0.452 e. The van der Waals surface area contributed by atoms with Crippen LogP contribution in [0.15, 0.2) is 35.6 Å². The Morgan fingerprint density at radius 3 is 2.79 bits per heavy atom. The van der Waals surface area contributed by atoms with E-state index >= 15 is 0 Å². The van der Waals surface area contributed by atoms with Gasteiger partial charge >= 0.3 is 5.97 Å². The highest BCUT2D eigenvalue weighted by Gasteiger charge is 2.19. The average Bonchev–Trinajstić information content (AvgIpc) is 2.94. The summed E-state index contributed by atoms with van der Waals surface area (Å²) in [6, 6.07) is 7.45. The number of esters is 1. The van der Waals surface area contributed by atoms with Crippen LogP contribution < -0.4 is 5.32 Å². The predicted molar refractivity (Wildman–Crippen MR) is 113 cm³/mol. The summed E-state index contributed by atoms with van der Waals surface area (Å²) >= 11 is 2.90. The zero-order valence-corrected chi connectivity index (χ0v) is 17.7. The van der Waals surface area contributed by atoms with Gasteiger partial charge < -0.3 is 10.1 Å². The van der Waals surface area contributed by atoms with Gasteiger partial charge in [0.05, 0.1) is 5.75 Å². The van der Waals surface area contributed by atoms with E-state index in [1.54, 1.807) is 24.3 Å². The number of amides is 1. The number of carbonyl (C=O) groups is 2. The molecule has 0 aliphatic rings. The summed E-state index contributed by atoms with van der Waals surface area (Å²) in [5.74, 6) is -0.756. The Morgan fingerprint density at radius 2 is 2.04 bits per heavy atom. The van der Waals surface area contributed by atoms with E-state index < -0.39 is 12.1 Å². The topological polar surface area (TPSA) is 81.2 Å². The van der Waals surface area contributed by atoms with Gasteiger partial charge in [-0.3, -0.25) is 9.59 Å². The lowest BCUT2D eigenvalue weighted by atomic mass is 10.2. The van der Waals surface area contributed by atoms with E-state index in [4.69, 9.17) is 4.74 Å². The fourth-order valence-corrected chi connectivity index (χ4v) is 4.54. The lowest BCUT2D eigenvalue weighted by molar-refractivity contribution is -0.150. The Balaban J connectivity index is 1.58. The van der Waals surface area contributed by atoms with Crippen LogP contribution in [0.5, 0.6) is 0 Å². The van der Waals surface area contributed by atoms with Crippen molar-refractivity contribution in [3.05, 3.63) is 46.6 Å². The maximum absolute atomic E-state index is 12.2. The minimum Gasteiger partial charge on any atom is -0.452 e. The second kappa shape index (κ2) is 8.70. The van der Waals surface area contributed by atoms with Crippen molar-refractivity contribution in [1.82, 2.24) is 9.97 Å². The summed E-state index contributed by atoms with van der Waals surface area (Å²) in [5.41, 5.74) is 2.84. The van der Waals surface area contributed by atoms with Crippen molar-refractivity contribution in [2.24, 2.45) is 0 Å². The first-order chi connectivity index (χ1) is 13.3. The first-order valence-electron chi connectivity index (χ1n) is 8.75. The van der Waals surface area contributed by atoms with E-state index in [0.717, 1.165) is 26.4 Å². The molecule has 1 atom stereocenters. The highest BCUT2D eigenvalue weighted by molar-refractivity contribution is 8.00. The van der Waals surface area contributed by atoms with Gasteiger partial charge in [-0.15, -0.1) is 11.3 Å². The van der Waals surface area contributed by atoms with E-state index in [1.165, 1.54) is 23.0 Å². The molecule has 0 unspecified atom stereocenters. The smallest absolute Gasteiger partial charge is 0.317 e. The number of nitrogens with zero attached hydrogens (tertiary/aromatic N) is 2. The zero-order chi connectivity index (χ0) is 20.3. The maximum Gasteiger partial charge on any atom is 0.317 e. The van der Waals surface area contributed by atoms with Crippen molar-refractivity contribution in [2.75, 3.05) is 11.1 Å². The molecular weight excluding hydrogens is 394 g/mol. The van der Waals surface area contributed by atoms with Gasteiger partial charge in [-0.1, -0.05) is 23.9 Å². The van der Waals surface area contributed by atoms with E-state index in [1.807, 2.05) is 39.0 Å². The summed E-state index contributed by atoms with van der Waals surface area (Å²) in [4.78, 5) is 35.1. The number of aromatic nitrogens is 2. The van der Waals surface area contributed by atoms with Crippen LogP contribution in [0.2, 0.25) is 0 Å². The number of ether oxygens (including phenoxy) is 1. The molecule has 1 N–H and O–H groups in total. The molecule has 2 heterocycles. The number of benzene rings is 1. The van der Waals surface area contributed by atoms with Gasteiger partial charge in [0.25, 0.3) is 5.91 Å². The molecule has 6 nitrogen and oxygen atoms in total. The Morgan fingerprint density at radius 1 is 1.25 bits per heavy atom. The first-order valence-corrected chi connectivity index (χ1v) is 10.6. The van der Waals surface area contributed by atoms with Gasteiger partial charge in [0.15, 0.2) is 6.10 Å². The van der Waals surface area contributed by atoms with Crippen LogP contribution >= 0.6 is 23.1 Å². The van der Waals surface area contributed by atoms with Crippen molar-refractivity contribution in [2.45, 2.75) is 38.8 Å². The lowest BCUT2D eigenvalue weighted by Gasteiger charge is -2.13. The number of hydrogen-bond donors (Lipinski definition) is 1. The summed E-state index contributed by atoms with van der Waals surface area (Å²) in [6.45, 7) is 7.57. The molecule has 146 valence electrons. The normalized spacial score (nSPS) is 12.0. The highest BCUT2D eigenvalue weighted by atomic mass is 32.2. The molecule has 1 aromatic carbocycles. The summed E-state index contributed by atoms with van der Waals surface area (Å²) in [7, 11) is 0. The number of thioether (sulfide) groups is 1. The quantitative estimate of drug-likeness (QED) is 0.368. The van der Waals surface area contributed by atoms with E-state index in [-0.39, 0.29) is 11.7 Å². The van der Waals surface area contributed by atoms with Crippen molar-refractivity contribution < 1.29 is 14.3 Å². The Hall–Kier alpha value is -2.45. The fraction of sp³-hybridized carbons (Fsp3) is 0.300. The van der Waals surface area contributed by atoms with Crippen LogP contribution in [-0.2, 0) is 14.3 Å². The molecule has 1 amide bonds. The molecule has 3 rings (SSSR count). The van der Waals surface area contributed by atoms with Crippen molar-refractivity contribution in [3.63, 3.8) is 0 Å². The molecule has 0 aliphatic carbocycles. The van der Waals surface area contributed by atoms with Crippen LogP contribution in [0, 0.1) is 20.8 Å². The first kappa shape index (κ1) is 20.3. The molecule has 0 bridgehead atoms. The SMILES string of the molecule is Cc1cccc(NC(=O)[C@H](C)OC(=O)CSc2ncnc3sc(C)c(C)c23)c1. The fourth-order valence-electron chi connectivity index (χ4n) is 2.64. The average molecular weight is 416 g/mol.